The van der Waals surface area contributed by atoms with Crippen molar-refractivity contribution < 1.29 is 19.0 Å². The van der Waals surface area contributed by atoms with Gasteiger partial charge in [0.25, 0.3) is 0 Å². The third kappa shape index (κ3) is 6.25. The van der Waals surface area contributed by atoms with E-state index in [4.69, 9.17) is 37.4 Å². The van der Waals surface area contributed by atoms with Gasteiger partial charge in [-0.05, 0) is 32.0 Å². The highest BCUT2D eigenvalue weighted by atomic mass is 35.5. The summed E-state index contributed by atoms with van der Waals surface area (Å²) in [6.07, 6.45) is -0.357. The summed E-state index contributed by atoms with van der Waals surface area (Å²) in [5.74, 6) is 2.05. The smallest absolute Gasteiger partial charge is 0.234 e. The molecule has 176 valence electrons. The second-order valence-corrected chi connectivity index (χ2v) is 8.61. The van der Waals surface area contributed by atoms with Crippen molar-refractivity contribution in [1.82, 2.24) is 14.8 Å². The maximum atomic E-state index is 12.6. The zero-order valence-electron chi connectivity index (χ0n) is 18.6. The number of rotatable bonds is 10. The van der Waals surface area contributed by atoms with Gasteiger partial charge in [0.15, 0.2) is 17.1 Å². The van der Waals surface area contributed by atoms with E-state index in [1.54, 1.807) is 24.3 Å². The molecule has 1 atom stereocenters. The van der Waals surface area contributed by atoms with E-state index in [9.17, 15) is 4.79 Å². The fourth-order valence-electron chi connectivity index (χ4n) is 3.08. The number of carbonyl (C=O) groups is 1. The number of aromatic nitrogens is 3. The molecule has 1 unspecified atom stereocenters. The van der Waals surface area contributed by atoms with Gasteiger partial charge >= 0.3 is 0 Å². The molecule has 3 rings (SSSR count). The van der Waals surface area contributed by atoms with Crippen LogP contribution < -0.4 is 19.5 Å². The fraction of sp³-hybridized carbons (Fsp3) is 0.318. The van der Waals surface area contributed by atoms with Crippen LogP contribution in [0.25, 0.3) is 0 Å². The van der Waals surface area contributed by atoms with Gasteiger partial charge in [-0.15, -0.1) is 10.2 Å². The minimum atomic E-state index is -0.357. The summed E-state index contributed by atoms with van der Waals surface area (Å²) in [6, 6.07) is 10.4. The number of carbonyl (C=O) groups excluding carboxylic acids is 1. The fourth-order valence-corrected chi connectivity index (χ4v) is 4.30. The van der Waals surface area contributed by atoms with Crippen LogP contribution in [0.5, 0.6) is 17.2 Å². The van der Waals surface area contributed by atoms with Crippen LogP contribution in [-0.2, 0) is 11.3 Å². The molecule has 0 aliphatic rings. The lowest BCUT2D eigenvalue weighted by atomic mass is 10.2. The van der Waals surface area contributed by atoms with Crippen LogP contribution in [-0.4, -0.2) is 40.6 Å². The van der Waals surface area contributed by atoms with Crippen molar-refractivity contribution in [3.05, 3.63) is 52.3 Å². The molecule has 1 N–H and O–H groups in total. The molecule has 0 aliphatic carbocycles. The van der Waals surface area contributed by atoms with Crippen LogP contribution in [0.15, 0.2) is 41.6 Å². The second kappa shape index (κ2) is 11.5. The van der Waals surface area contributed by atoms with E-state index in [0.717, 1.165) is 0 Å². The Balaban J connectivity index is 1.67. The molecule has 33 heavy (non-hydrogen) atoms. The van der Waals surface area contributed by atoms with Crippen molar-refractivity contribution in [1.29, 1.82) is 0 Å². The Bertz CT molecular complexity index is 1130. The average Bonchev–Trinajstić information content (AvgIpc) is 3.21. The molecule has 1 heterocycles. The van der Waals surface area contributed by atoms with Gasteiger partial charge in [-0.2, -0.15) is 0 Å². The highest BCUT2D eigenvalue weighted by Crippen LogP contribution is 2.36. The molecule has 8 nitrogen and oxygen atoms in total. The van der Waals surface area contributed by atoms with Crippen molar-refractivity contribution >= 4 is 46.6 Å². The van der Waals surface area contributed by atoms with E-state index in [-0.39, 0.29) is 17.8 Å². The number of benzene rings is 2. The van der Waals surface area contributed by atoms with Crippen LogP contribution in [0, 0.1) is 0 Å². The molecule has 3 aromatic rings. The normalized spacial score (nSPS) is 11.7. The minimum absolute atomic E-state index is 0.121. The zero-order valence-corrected chi connectivity index (χ0v) is 20.9. The van der Waals surface area contributed by atoms with E-state index >= 15 is 0 Å². The maximum Gasteiger partial charge on any atom is 0.234 e. The largest absolute Gasteiger partial charge is 0.495 e. The number of anilines is 1. The lowest BCUT2D eigenvalue weighted by Gasteiger charge is -2.16. The van der Waals surface area contributed by atoms with Gasteiger partial charge in [-0.1, -0.05) is 41.0 Å². The number of nitrogens with zero attached hydrogens (tertiary/aromatic N) is 3. The molecule has 2 aromatic carbocycles. The Kier molecular flexibility index (Phi) is 8.71. The van der Waals surface area contributed by atoms with Gasteiger partial charge in [0.1, 0.15) is 17.2 Å². The number of methoxy groups -OCH3 is 2. The molecular weight excluding hydrogens is 487 g/mol. The Hall–Kier alpha value is -2.62. The summed E-state index contributed by atoms with van der Waals surface area (Å²) in [4.78, 5) is 12.6. The van der Waals surface area contributed by atoms with Gasteiger partial charge in [0.05, 0.1) is 30.7 Å². The van der Waals surface area contributed by atoms with Crippen molar-refractivity contribution in [2.45, 2.75) is 31.7 Å². The molecule has 0 fully saturated rings. The summed E-state index contributed by atoms with van der Waals surface area (Å²) in [7, 11) is 3.00. The highest BCUT2D eigenvalue weighted by Gasteiger charge is 2.20. The third-order valence-corrected chi connectivity index (χ3v) is 6.11. The van der Waals surface area contributed by atoms with Gasteiger partial charge in [0, 0.05) is 23.7 Å². The first kappa shape index (κ1) is 25.0. The molecule has 0 radical (unpaired) electrons. The van der Waals surface area contributed by atoms with Crippen molar-refractivity contribution in [2.24, 2.45) is 0 Å². The summed E-state index contributed by atoms with van der Waals surface area (Å²) >= 11 is 13.4. The van der Waals surface area contributed by atoms with Gasteiger partial charge < -0.3 is 24.1 Å². The van der Waals surface area contributed by atoms with E-state index in [1.165, 1.54) is 26.0 Å². The SMILES string of the molecule is CCn1c(SCC(=O)Nc2cc(OC)c(Cl)cc2OC)nnc1C(C)Oc1cccc(Cl)c1. The summed E-state index contributed by atoms with van der Waals surface area (Å²) in [5.41, 5.74) is 0.463. The number of hydrogen-bond donors (Lipinski definition) is 1. The van der Waals surface area contributed by atoms with Crippen molar-refractivity contribution in [2.75, 3.05) is 25.3 Å². The molecule has 1 aromatic heterocycles. The van der Waals surface area contributed by atoms with Crippen molar-refractivity contribution in [3.8, 4) is 17.2 Å². The number of amides is 1. The summed E-state index contributed by atoms with van der Waals surface area (Å²) in [6.45, 7) is 4.49. The lowest BCUT2D eigenvalue weighted by molar-refractivity contribution is -0.113. The molecule has 0 aliphatic heterocycles. The molecular formula is C22H24Cl2N4O4S. The van der Waals surface area contributed by atoms with E-state index in [1.807, 2.05) is 30.5 Å². The Labute approximate surface area is 206 Å². The average molecular weight is 511 g/mol. The van der Waals surface area contributed by atoms with Gasteiger partial charge in [-0.3, -0.25) is 4.79 Å². The maximum absolute atomic E-state index is 12.6. The monoisotopic (exact) mass is 510 g/mol. The number of thioether (sulfide) groups is 1. The third-order valence-electron chi connectivity index (χ3n) is 4.61. The molecule has 0 bridgehead atoms. The Morgan fingerprint density at radius 2 is 1.91 bits per heavy atom. The topological polar surface area (TPSA) is 87.5 Å². The van der Waals surface area contributed by atoms with Crippen LogP contribution in [0.4, 0.5) is 5.69 Å². The first-order valence-electron chi connectivity index (χ1n) is 10.1. The summed E-state index contributed by atoms with van der Waals surface area (Å²) < 4.78 is 18.4. The standard InChI is InChI=1S/C22H24Cl2N4O4S/c1-5-28-21(13(2)32-15-8-6-7-14(23)9-15)26-27-22(28)33-12-20(29)25-17-11-18(30-3)16(24)10-19(17)31-4/h6-11,13H,5,12H2,1-4H3,(H,25,29). The Morgan fingerprint density at radius 1 is 1.15 bits per heavy atom. The molecule has 0 saturated carbocycles. The first-order chi connectivity index (χ1) is 15.9. The minimum Gasteiger partial charge on any atom is -0.495 e. The highest BCUT2D eigenvalue weighted by molar-refractivity contribution is 7.99. The molecule has 11 heteroatoms. The number of ether oxygens (including phenoxy) is 3. The predicted octanol–water partition coefficient (Wildman–Crippen LogP) is 5.49. The van der Waals surface area contributed by atoms with E-state index in [2.05, 4.69) is 15.5 Å². The second-order valence-electron chi connectivity index (χ2n) is 6.83. The number of halogens is 2. The molecule has 0 saturated heterocycles. The van der Waals surface area contributed by atoms with Crippen LogP contribution in [0.1, 0.15) is 25.8 Å². The van der Waals surface area contributed by atoms with Crippen molar-refractivity contribution in [3.63, 3.8) is 0 Å². The first-order valence-corrected chi connectivity index (χ1v) is 11.8. The number of hydrogen-bond acceptors (Lipinski definition) is 7. The van der Waals surface area contributed by atoms with Crippen LogP contribution in [0.2, 0.25) is 10.0 Å². The van der Waals surface area contributed by atoms with E-state index < -0.39 is 0 Å². The van der Waals surface area contributed by atoms with E-state index in [0.29, 0.717) is 50.5 Å². The van der Waals surface area contributed by atoms with Crippen LogP contribution in [0.3, 0.4) is 0 Å². The zero-order chi connectivity index (χ0) is 24.0. The van der Waals surface area contributed by atoms with Crippen LogP contribution >= 0.6 is 35.0 Å². The predicted molar refractivity (Wildman–Crippen MR) is 130 cm³/mol. The molecule has 1 amide bonds. The quantitative estimate of drug-likeness (QED) is 0.360. The Morgan fingerprint density at radius 3 is 2.58 bits per heavy atom. The number of nitrogens with one attached hydrogen (secondary N) is 1. The van der Waals surface area contributed by atoms with Gasteiger partial charge in [0.2, 0.25) is 5.91 Å². The molecule has 0 spiro atoms. The summed E-state index contributed by atoms with van der Waals surface area (Å²) in [5, 5.41) is 12.9. The van der Waals surface area contributed by atoms with Gasteiger partial charge in [-0.25, -0.2) is 0 Å². The lowest BCUT2D eigenvalue weighted by Crippen LogP contribution is -2.16.